The molecule has 39 heavy (non-hydrogen) atoms. The molecule has 2 amide bonds. The fourth-order valence-electron chi connectivity index (χ4n) is 4.32. The van der Waals surface area contributed by atoms with Gasteiger partial charge in [-0.05, 0) is 70.4 Å². The molecule has 0 N–H and O–H groups in total. The molecule has 0 spiro atoms. The Morgan fingerprint density at radius 3 is 2.00 bits per heavy atom. The molecule has 0 fully saturated rings. The Balaban J connectivity index is 2.68. The first-order valence-corrected chi connectivity index (χ1v) is 14.6. The van der Waals surface area contributed by atoms with E-state index in [0.29, 0.717) is 31.6 Å². The molecule has 1 rings (SSSR count). The molecule has 1 atom stereocenters. The van der Waals surface area contributed by atoms with Crippen LogP contribution in [-0.2, 0) is 9.53 Å². The van der Waals surface area contributed by atoms with Crippen LogP contribution < -0.4 is 4.74 Å². The summed E-state index contributed by atoms with van der Waals surface area (Å²) < 4.78 is 10.8. The second kappa shape index (κ2) is 20.4. The molecule has 0 aliphatic heterocycles. The average molecular weight is 544 g/mol. The maximum absolute atomic E-state index is 13.0. The number of benzene rings is 1. The van der Waals surface area contributed by atoms with Crippen LogP contribution in [0.3, 0.4) is 0 Å². The number of ether oxygens (including phenoxy) is 2. The minimum Gasteiger partial charge on any atom is -0.466 e. The van der Waals surface area contributed by atoms with Crippen LogP contribution in [0.5, 0.6) is 5.75 Å². The van der Waals surface area contributed by atoms with Crippen molar-refractivity contribution in [2.45, 2.75) is 90.6 Å². The van der Waals surface area contributed by atoms with Crippen LogP contribution in [0.2, 0.25) is 0 Å². The normalized spacial score (nSPS) is 11.7. The Morgan fingerprint density at radius 1 is 0.795 bits per heavy atom. The summed E-state index contributed by atoms with van der Waals surface area (Å²) in [6.45, 7) is 7.42. The van der Waals surface area contributed by atoms with Gasteiger partial charge in [-0.25, -0.2) is 4.79 Å². The highest BCUT2D eigenvalue weighted by molar-refractivity contribution is 6.55. The number of hydrogen-bond acceptors (Lipinski definition) is 6. The lowest BCUT2D eigenvalue weighted by molar-refractivity contribution is -0.131. The van der Waals surface area contributed by atoms with E-state index in [0.717, 1.165) is 63.7 Å². The summed E-state index contributed by atoms with van der Waals surface area (Å²) in [5.74, 6) is -0.308. The van der Waals surface area contributed by atoms with E-state index in [1.165, 1.54) is 12.8 Å². The highest BCUT2D eigenvalue weighted by Crippen LogP contribution is 2.26. The van der Waals surface area contributed by atoms with Crippen molar-refractivity contribution in [1.29, 1.82) is 0 Å². The quantitative estimate of drug-likeness (QED) is 0.144. The Morgan fingerprint density at radius 2 is 1.41 bits per heavy atom. The summed E-state index contributed by atoms with van der Waals surface area (Å²) in [5.41, 5.74) is 0.736. The number of unbranched alkanes of at least 4 members (excludes halogenated alkanes) is 5. The molecule has 0 saturated carbocycles. The predicted octanol–water partition coefficient (Wildman–Crippen LogP) is 6.18. The van der Waals surface area contributed by atoms with Crippen LogP contribution in [-0.4, -0.2) is 87.7 Å². The third kappa shape index (κ3) is 15.6. The third-order valence-corrected chi connectivity index (χ3v) is 6.65. The van der Waals surface area contributed by atoms with E-state index < -0.39 is 18.1 Å². The summed E-state index contributed by atoms with van der Waals surface area (Å²) in [4.78, 5) is 42.5. The van der Waals surface area contributed by atoms with E-state index in [9.17, 15) is 14.4 Å². The van der Waals surface area contributed by atoms with Gasteiger partial charge >= 0.3 is 6.09 Å². The molecule has 218 valence electrons. The van der Waals surface area contributed by atoms with Gasteiger partial charge in [-0.15, -0.1) is 0 Å². The van der Waals surface area contributed by atoms with E-state index in [1.54, 1.807) is 36.2 Å². The molecule has 1 aromatic rings. The minimum absolute atomic E-state index is 0.150. The zero-order chi connectivity index (χ0) is 29.0. The predicted molar refractivity (Wildman–Crippen MR) is 157 cm³/mol. The highest BCUT2D eigenvalue weighted by Gasteiger charge is 2.18. The van der Waals surface area contributed by atoms with Crippen molar-refractivity contribution in [3.05, 3.63) is 29.8 Å². The summed E-state index contributed by atoms with van der Waals surface area (Å²) in [7, 11) is 11.0. The van der Waals surface area contributed by atoms with Crippen LogP contribution >= 0.6 is 0 Å². The van der Waals surface area contributed by atoms with Gasteiger partial charge in [-0.3, -0.25) is 9.59 Å². The summed E-state index contributed by atoms with van der Waals surface area (Å²) >= 11 is 0. The lowest BCUT2D eigenvalue weighted by Gasteiger charge is -2.24. The van der Waals surface area contributed by atoms with E-state index in [4.69, 9.17) is 17.3 Å². The Labute approximate surface area is 237 Å². The number of carbonyl (C=O) groups is 3. The van der Waals surface area contributed by atoms with E-state index in [-0.39, 0.29) is 5.91 Å². The fourth-order valence-corrected chi connectivity index (χ4v) is 4.32. The maximum atomic E-state index is 13.0. The molecule has 0 heterocycles. The monoisotopic (exact) mass is 543 g/mol. The van der Waals surface area contributed by atoms with Crippen molar-refractivity contribution in [3.63, 3.8) is 0 Å². The fraction of sp³-hybridized carbons (Fsp3) is 0.700. The second-order valence-electron chi connectivity index (χ2n) is 10.5. The number of amides is 2. The molecule has 0 bridgehead atoms. The maximum Gasteiger partial charge on any atom is 0.414 e. The largest absolute Gasteiger partial charge is 0.466 e. The molecule has 8 nitrogen and oxygen atoms in total. The van der Waals surface area contributed by atoms with Gasteiger partial charge in [-0.1, -0.05) is 58.1 Å². The van der Waals surface area contributed by atoms with Crippen molar-refractivity contribution in [2.24, 2.45) is 0 Å². The standard InChI is InChI=1S/C30H50BN3O5/c1-6-8-10-12-24-34(23-11-9-7-2)28(35)16-13-15-27(39-29(31)36)25-17-19-26(20-18-25)38-30(37)33(5)22-14-21-32(3)4/h17-20,27H,6-16,21-24H2,1-5H3. The molecule has 9 heteroatoms. The van der Waals surface area contributed by atoms with Crippen molar-refractivity contribution in [3.8, 4) is 5.75 Å². The molecule has 2 radical (unpaired) electrons. The average Bonchev–Trinajstić information content (AvgIpc) is 2.89. The summed E-state index contributed by atoms with van der Waals surface area (Å²) in [5, 5.41) is 0. The zero-order valence-electron chi connectivity index (χ0n) is 25.0. The van der Waals surface area contributed by atoms with Crippen molar-refractivity contribution in [1.82, 2.24) is 14.7 Å². The first kappa shape index (κ1) is 34.5. The Hall–Kier alpha value is -2.55. The molecule has 0 aliphatic rings. The molecule has 1 unspecified atom stereocenters. The molecule has 0 aliphatic carbocycles. The SMILES string of the molecule is [B]C(=O)OC(CCCC(=O)N(CCCCC)CCCCCC)c1ccc(OC(=O)N(C)CCCN(C)C)cc1. The lowest BCUT2D eigenvalue weighted by Crippen LogP contribution is -2.33. The van der Waals surface area contributed by atoms with Gasteiger partial charge in [0.15, 0.2) is 0 Å². The second-order valence-corrected chi connectivity index (χ2v) is 10.5. The van der Waals surface area contributed by atoms with E-state index >= 15 is 0 Å². The lowest BCUT2D eigenvalue weighted by atomic mass is 10.0. The topological polar surface area (TPSA) is 79.4 Å². The first-order chi connectivity index (χ1) is 18.7. The number of carbonyl (C=O) groups excluding carboxylic acids is 3. The summed E-state index contributed by atoms with van der Waals surface area (Å²) in [6, 6.07) is 6.87. The van der Waals surface area contributed by atoms with Crippen molar-refractivity contribution in [2.75, 3.05) is 47.3 Å². The molecule has 0 saturated heterocycles. The van der Waals surface area contributed by atoms with Gasteiger partial charge in [0.1, 0.15) is 11.9 Å². The first-order valence-electron chi connectivity index (χ1n) is 14.6. The number of rotatable bonds is 20. The van der Waals surface area contributed by atoms with Gasteiger partial charge < -0.3 is 24.2 Å². The Kier molecular flexibility index (Phi) is 18.0. The smallest absolute Gasteiger partial charge is 0.414 e. The van der Waals surface area contributed by atoms with Gasteiger partial charge in [0.05, 0.1) is 0 Å². The van der Waals surface area contributed by atoms with E-state index in [1.807, 2.05) is 19.0 Å². The van der Waals surface area contributed by atoms with Crippen LogP contribution in [0, 0.1) is 0 Å². The van der Waals surface area contributed by atoms with Crippen molar-refractivity contribution >= 4 is 25.7 Å². The zero-order valence-corrected chi connectivity index (χ0v) is 25.0. The van der Waals surface area contributed by atoms with Crippen LogP contribution in [0.1, 0.15) is 96.1 Å². The third-order valence-electron chi connectivity index (χ3n) is 6.65. The summed E-state index contributed by atoms with van der Waals surface area (Å²) in [6.07, 6.45) is 9.07. The highest BCUT2D eigenvalue weighted by atomic mass is 16.6. The van der Waals surface area contributed by atoms with Crippen LogP contribution in [0.15, 0.2) is 24.3 Å². The van der Waals surface area contributed by atoms with Crippen LogP contribution in [0.25, 0.3) is 0 Å². The molecule has 0 aromatic heterocycles. The molecular weight excluding hydrogens is 493 g/mol. The van der Waals surface area contributed by atoms with Gasteiger partial charge in [-0.2, -0.15) is 0 Å². The van der Waals surface area contributed by atoms with Gasteiger partial charge in [0, 0.05) is 33.1 Å². The number of hydrogen-bond donors (Lipinski definition) is 0. The number of nitrogens with zero attached hydrogens (tertiary/aromatic N) is 3. The van der Waals surface area contributed by atoms with Gasteiger partial charge in [0.2, 0.25) is 19.6 Å². The van der Waals surface area contributed by atoms with Crippen LogP contribution in [0.4, 0.5) is 9.59 Å². The molecular formula is C30H50BN3O5. The molecule has 1 aromatic carbocycles. The van der Waals surface area contributed by atoms with Gasteiger partial charge in [0.25, 0.3) is 0 Å². The minimum atomic E-state index is -0.863. The van der Waals surface area contributed by atoms with Crippen molar-refractivity contribution < 1.29 is 23.9 Å². The Bertz CT molecular complexity index is 834. The van der Waals surface area contributed by atoms with E-state index in [2.05, 4.69) is 18.7 Å².